The van der Waals surface area contributed by atoms with Gasteiger partial charge in [0.15, 0.2) is 0 Å². The van der Waals surface area contributed by atoms with Crippen LogP contribution in [0.2, 0.25) is 0 Å². The lowest BCUT2D eigenvalue weighted by molar-refractivity contribution is -0.383. The maximum atomic E-state index is 12.2. The average molecular weight is 394 g/mol. The molecule has 0 amide bonds. The van der Waals surface area contributed by atoms with E-state index in [-0.39, 0.29) is 29.5 Å². The van der Waals surface area contributed by atoms with Gasteiger partial charge in [-0.15, -0.1) is 0 Å². The molecule has 0 spiro atoms. The van der Waals surface area contributed by atoms with Gasteiger partial charge >= 0.3 is 11.7 Å². The Morgan fingerprint density at radius 2 is 1.83 bits per heavy atom. The van der Waals surface area contributed by atoms with Crippen LogP contribution in [0.5, 0.6) is 0 Å². The van der Waals surface area contributed by atoms with Gasteiger partial charge in [-0.3, -0.25) is 10.1 Å². The van der Waals surface area contributed by atoms with Gasteiger partial charge in [-0.25, -0.2) is 19.7 Å². The highest BCUT2D eigenvalue weighted by molar-refractivity contribution is 5.97. The highest BCUT2D eigenvalue weighted by Gasteiger charge is 2.25. The quantitative estimate of drug-likeness (QED) is 0.349. The molecule has 0 saturated heterocycles. The first-order valence-corrected chi connectivity index (χ1v) is 8.72. The van der Waals surface area contributed by atoms with Crippen molar-refractivity contribution in [1.82, 2.24) is 15.0 Å². The van der Waals surface area contributed by atoms with E-state index in [1.807, 2.05) is 0 Å². The largest absolute Gasteiger partial charge is 0.462 e. The summed E-state index contributed by atoms with van der Waals surface area (Å²) in [5.41, 5.74) is 0.924. The summed E-state index contributed by atoms with van der Waals surface area (Å²) in [5.74, 6) is -0.240. The van der Waals surface area contributed by atoms with Crippen molar-refractivity contribution in [3.63, 3.8) is 0 Å². The Labute approximate surface area is 166 Å². The zero-order valence-corrected chi connectivity index (χ0v) is 15.7. The molecule has 2 N–H and O–H groups in total. The molecule has 10 nitrogen and oxygen atoms in total. The lowest BCUT2D eigenvalue weighted by Crippen LogP contribution is -2.10. The molecule has 0 saturated carbocycles. The third-order valence-electron chi connectivity index (χ3n) is 3.82. The first kappa shape index (κ1) is 19.7. The fraction of sp³-hybridized carbons (Fsp3) is 0.158. The van der Waals surface area contributed by atoms with E-state index < -0.39 is 10.9 Å². The minimum absolute atomic E-state index is 0.0285. The monoisotopic (exact) mass is 394 g/mol. The topological polar surface area (TPSA) is 132 Å². The van der Waals surface area contributed by atoms with Crippen molar-refractivity contribution >= 4 is 34.8 Å². The number of hydrogen-bond donors (Lipinski definition) is 2. The second-order valence-corrected chi connectivity index (χ2v) is 5.86. The fourth-order valence-electron chi connectivity index (χ4n) is 2.58. The van der Waals surface area contributed by atoms with E-state index in [0.717, 1.165) is 5.69 Å². The smallest absolute Gasteiger partial charge is 0.353 e. The number of para-hydroxylation sites is 1. The van der Waals surface area contributed by atoms with E-state index in [2.05, 4.69) is 25.6 Å². The number of nitrogens with zero attached hydrogens (tertiary/aromatic N) is 4. The van der Waals surface area contributed by atoms with Crippen LogP contribution in [0, 0.1) is 17.0 Å². The SMILES string of the molecule is CCOC(=O)c1ccccc1Nc1ncnc(Nc2cccc(C)n2)c1[N+](=O)[O-]. The van der Waals surface area contributed by atoms with Crippen molar-refractivity contribution in [3.8, 4) is 0 Å². The molecule has 2 aromatic heterocycles. The molecular formula is C19H18N6O4. The summed E-state index contributed by atoms with van der Waals surface area (Å²) in [6, 6.07) is 11.8. The zero-order chi connectivity index (χ0) is 20.8. The average Bonchev–Trinajstić information content (AvgIpc) is 2.68. The van der Waals surface area contributed by atoms with Gasteiger partial charge in [0.05, 0.1) is 22.8 Å². The Bertz CT molecular complexity index is 1060. The van der Waals surface area contributed by atoms with Gasteiger partial charge in [0.2, 0.25) is 11.6 Å². The van der Waals surface area contributed by atoms with Crippen molar-refractivity contribution in [2.24, 2.45) is 0 Å². The number of pyridine rings is 1. The number of nitro groups is 1. The first-order valence-electron chi connectivity index (χ1n) is 8.72. The molecule has 0 aliphatic heterocycles. The van der Waals surface area contributed by atoms with Crippen molar-refractivity contribution in [2.75, 3.05) is 17.2 Å². The Hall–Kier alpha value is -4.08. The zero-order valence-electron chi connectivity index (χ0n) is 15.7. The molecule has 1 aromatic carbocycles. The molecular weight excluding hydrogens is 376 g/mol. The maximum absolute atomic E-state index is 12.2. The lowest BCUT2D eigenvalue weighted by atomic mass is 10.2. The van der Waals surface area contributed by atoms with E-state index in [9.17, 15) is 14.9 Å². The summed E-state index contributed by atoms with van der Waals surface area (Å²) in [4.78, 5) is 35.5. The van der Waals surface area contributed by atoms with Crippen LogP contribution in [0.15, 0.2) is 48.8 Å². The Morgan fingerprint density at radius 3 is 2.52 bits per heavy atom. The number of anilines is 4. The standard InChI is InChI=1S/C19H18N6O4/c1-3-29-19(26)13-8-4-5-9-14(13)23-17-16(25(27)28)18(21-11-20-17)24-15-10-6-7-12(2)22-15/h4-11H,3H2,1-2H3,(H2,20,21,22,23,24). The molecule has 0 aliphatic rings. The molecule has 0 bridgehead atoms. The Kier molecular flexibility index (Phi) is 5.93. The summed E-state index contributed by atoms with van der Waals surface area (Å²) >= 11 is 0. The van der Waals surface area contributed by atoms with Crippen LogP contribution in [0.4, 0.5) is 28.8 Å². The van der Waals surface area contributed by atoms with E-state index in [0.29, 0.717) is 11.5 Å². The highest BCUT2D eigenvalue weighted by atomic mass is 16.6. The number of benzene rings is 1. The van der Waals surface area contributed by atoms with Crippen LogP contribution in [0.3, 0.4) is 0 Å². The highest BCUT2D eigenvalue weighted by Crippen LogP contribution is 2.33. The predicted octanol–water partition coefficient (Wildman–Crippen LogP) is 3.75. The predicted molar refractivity (Wildman–Crippen MR) is 107 cm³/mol. The minimum Gasteiger partial charge on any atom is -0.462 e. The van der Waals surface area contributed by atoms with Crippen LogP contribution < -0.4 is 10.6 Å². The normalized spacial score (nSPS) is 10.3. The number of carbonyl (C=O) groups is 1. The summed E-state index contributed by atoms with van der Waals surface area (Å²) in [6.45, 7) is 3.71. The Morgan fingerprint density at radius 1 is 1.10 bits per heavy atom. The van der Waals surface area contributed by atoms with Gasteiger partial charge in [0.1, 0.15) is 12.1 Å². The number of rotatable bonds is 7. The fourth-order valence-corrected chi connectivity index (χ4v) is 2.58. The molecule has 0 aliphatic carbocycles. The lowest BCUT2D eigenvalue weighted by Gasteiger charge is -2.12. The van der Waals surface area contributed by atoms with Crippen molar-refractivity contribution < 1.29 is 14.5 Å². The van der Waals surface area contributed by atoms with Crippen LogP contribution in [0.25, 0.3) is 0 Å². The van der Waals surface area contributed by atoms with Crippen LogP contribution in [-0.4, -0.2) is 32.5 Å². The molecule has 0 unspecified atom stereocenters. The number of hydrogen-bond acceptors (Lipinski definition) is 9. The van der Waals surface area contributed by atoms with Crippen LogP contribution in [0.1, 0.15) is 23.0 Å². The number of ether oxygens (including phenoxy) is 1. The maximum Gasteiger partial charge on any atom is 0.353 e. The summed E-state index contributed by atoms with van der Waals surface area (Å²) < 4.78 is 5.03. The molecule has 29 heavy (non-hydrogen) atoms. The first-order chi connectivity index (χ1) is 14.0. The molecule has 0 fully saturated rings. The number of nitrogens with one attached hydrogen (secondary N) is 2. The Balaban J connectivity index is 1.99. The van der Waals surface area contributed by atoms with Gasteiger partial charge in [0.25, 0.3) is 0 Å². The molecule has 10 heteroatoms. The molecule has 3 rings (SSSR count). The third-order valence-corrected chi connectivity index (χ3v) is 3.82. The van der Waals surface area contributed by atoms with Gasteiger partial charge < -0.3 is 15.4 Å². The molecule has 2 heterocycles. The molecule has 148 valence electrons. The van der Waals surface area contributed by atoms with Crippen molar-refractivity contribution in [1.29, 1.82) is 0 Å². The minimum atomic E-state index is -0.604. The van der Waals surface area contributed by atoms with Crippen molar-refractivity contribution in [2.45, 2.75) is 13.8 Å². The number of esters is 1. The van der Waals surface area contributed by atoms with Gasteiger partial charge in [-0.2, -0.15) is 0 Å². The van der Waals surface area contributed by atoms with Crippen LogP contribution >= 0.6 is 0 Å². The summed E-state index contributed by atoms with van der Waals surface area (Å²) in [7, 11) is 0. The summed E-state index contributed by atoms with van der Waals surface area (Å²) in [6.07, 6.45) is 1.18. The number of carbonyl (C=O) groups excluding carboxylic acids is 1. The number of aromatic nitrogens is 3. The second-order valence-electron chi connectivity index (χ2n) is 5.86. The molecule has 3 aromatic rings. The van der Waals surface area contributed by atoms with Gasteiger partial charge in [-0.05, 0) is 38.1 Å². The third kappa shape index (κ3) is 4.61. The van der Waals surface area contributed by atoms with Crippen LogP contribution in [-0.2, 0) is 4.74 Å². The van der Waals surface area contributed by atoms with Gasteiger partial charge in [-0.1, -0.05) is 18.2 Å². The summed E-state index contributed by atoms with van der Waals surface area (Å²) in [5, 5.41) is 17.4. The molecule has 0 radical (unpaired) electrons. The van der Waals surface area contributed by atoms with Gasteiger partial charge in [0, 0.05) is 5.69 Å². The van der Waals surface area contributed by atoms with E-state index in [1.165, 1.54) is 6.33 Å². The van der Waals surface area contributed by atoms with E-state index >= 15 is 0 Å². The second kappa shape index (κ2) is 8.74. The number of aryl methyl sites for hydroxylation is 1. The van der Waals surface area contributed by atoms with E-state index in [4.69, 9.17) is 4.74 Å². The van der Waals surface area contributed by atoms with E-state index in [1.54, 1.807) is 56.3 Å². The molecule has 0 atom stereocenters. The van der Waals surface area contributed by atoms with Crippen molar-refractivity contribution in [3.05, 3.63) is 70.2 Å².